The third-order valence-corrected chi connectivity index (χ3v) is 4.03. The maximum atomic E-state index is 12.5. The van der Waals surface area contributed by atoms with Crippen molar-refractivity contribution in [3.05, 3.63) is 89.2 Å². The summed E-state index contributed by atoms with van der Waals surface area (Å²) < 4.78 is 5.55. The van der Waals surface area contributed by atoms with E-state index in [1.165, 1.54) is 0 Å². The summed E-state index contributed by atoms with van der Waals surface area (Å²) in [6, 6.07) is 19.0. The van der Waals surface area contributed by atoms with Gasteiger partial charge in [-0.2, -0.15) is 0 Å². The number of benzene rings is 2. The van der Waals surface area contributed by atoms with Gasteiger partial charge in [-0.3, -0.25) is 14.6 Å². The smallest absolute Gasteiger partial charge is 0.262 e. The second kappa shape index (κ2) is 9.53. The number of ether oxygens (including phenoxy) is 1. The van der Waals surface area contributed by atoms with Gasteiger partial charge in [-0.05, 0) is 48.5 Å². The SMILES string of the molecule is O=C(COc1ccccc1C(=O)NCc1ccccn1)Nc1ccc(Cl)cc1. The number of nitrogens with zero attached hydrogens (tertiary/aromatic N) is 1. The van der Waals surface area contributed by atoms with Crippen molar-refractivity contribution >= 4 is 29.1 Å². The van der Waals surface area contributed by atoms with E-state index in [9.17, 15) is 9.59 Å². The van der Waals surface area contributed by atoms with Crippen LogP contribution in [0.4, 0.5) is 5.69 Å². The maximum Gasteiger partial charge on any atom is 0.262 e. The molecule has 0 aliphatic rings. The normalized spacial score (nSPS) is 10.2. The lowest BCUT2D eigenvalue weighted by Gasteiger charge is -2.12. The van der Waals surface area contributed by atoms with Crippen LogP contribution in [0.15, 0.2) is 72.9 Å². The fraction of sp³-hybridized carbons (Fsp3) is 0.0952. The van der Waals surface area contributed by atoms with Gasteiger partial charge in [0, 0.05) is 16.9 Å². The Balaban J connectivity index is 1.57. The molecule has 0 bridgehead atoms. The van der Waals surface area contributed by atoms with E-state index >= 15 is 0 Å². The van der Waals surface area contributed by atoms with E-state index in [0.717, 1.165) is 5.69 Å². The van der Waals surface area contributed by atoms with Gasteiger partial charge in [0.25, 0.3) is 11.8 Å². The fourth-order valence-corrected chi connectivity index (χ4v) is 2.55. The number of nitrogens with one attached hydrogen (secondary N) is 2. The van der Waals surface area contributed by atoms with E-state index < -0.39 is 0 Å². The molecule has 2 aromatic carbocycles. The van der Waals surface area contributed by atoms with E-state index in [2.05, 4.69) is 15.6 Å². The Kier molecular flexibility index (Phi) is 6.59. The summed E-state index contributed by atoms with van der Waals surface area (Å²) in [5, 5.41) is 6.08. The van der Waals surface area contributed by atoms with Gasteiger partial charge >= 0.3 is 0 Å². The largest absolute Gasteiger partial charge is 0.483 e. The van der Waals surface area contributed by atoms with Gasteiger partial charge < -0.3 is 15.4 Å². The highest BCUT2D eigenvalue weighted by Gasteiger charge is 2.13. The number of amides is 2. The number of carbonyl (C=O) groups is 2. The molecule has 0 aliphatic carbocycles. The zero-order valence-electron chi connectivity index (χ0n) is 14.9. The van der Waals surface area contributed by atoms with Gasteiger partial charge in [0.15, 0.2) is 6.61 Å². The summed E-state index contributed by atoms with van der Waals surface area (Å²) in [6.45, 7) is 0.0677. The van der Waals surface area contributed by atoms with Crippen LogP contribution in [0, 0.1) is 0 Å². The summed E-state index contributed by atoms with van der Waals surface area (Å²) in [5.74, 6) is -0.322. The Morgan fingerprint density at radius 3 is 2.46 bits per heavy atom. The molecule has 0 aliphatic heterocycles. The van der Waals surface area contributed by atoms with Crippen molar-refractivity contribution in [1.82, 2.24) is 10.3 Å². The summed E-state index contributed by atoms with van der Waals surface area (Å²) in [7, 11) is 0. The highest BCUT2D eigenvalue weighted by molar-refractivity contribution is 6.30. The van der Waals surface area contributed by atoms with Crippen molar-refractivity contribution in [1.29, 1.82) is 0 Å². The van der Waals surface area contributed by atoms with Crippen LogP contribution < -0.4 is 15.4 Å². The molecule has 6 nitrogen and oxygen atoms in total. The van der Waals surface area contributed by atoms with Crippen molar-refractivity contribution in [2.45, 2.75) is 6.54 Å². The number of hydrogen-bond donors (Lipinski definition) is 2. The number of carbonyl (C=O) groups excluding carboxylic acids is 2. The van der Waals surface area contributed by atoms with Crippen molar-refractivity contribution in [2.24, 2.45) is 0 Å². The van der Waals surface area contributed by atoms with Gasteiger partial charge in [-0.15, -0.1) is 0 Å². The molecule has 0 spiro atoms. The Labute approximate surface area is 167 Å². The van der Waals surface area contributed by atoms with E-state index in [1.807, 2.05) is 18.2 Å². The van der Waals surface area contributed by atoms with Crippen molar-refractivity contribution in [3.63, 3.8) is 0 Å². The van der Waals surface area contributed by atoms with Crippen LogP contribution in [0.2, 0.25) is 5.02 Å². The number of aromatic nitrogens is 1. The average Bonchev–Trinajstić information content (AvgIpc) is 2.73. The topological polar surface area (TPSA) is 80.3 Å². The van der Waals surface area contributed by atoms with E-state index in [4.69, 9.17) is 16.3 Å². The number of pyridine rings is 1. The van der Waals surface area contributed by atoms with Crippen LogP contribution in [-0.4, -0.2) is 23.4 Å². The highest BCUT2D eigenvalue weighted by atomic mass is 35.5. The number of anilines is 1. The predicted octanol–water partition coefficient (Wildman–Crippen LogP) is 3.68. The van der Waals surface area contributed by atoms with E-state index in [-0.39, 0.29) is 18.4 Å². The second-order valence-corrected chi connectivity index (χ2v) is 6.28. The molecule has 3 rings (SSSR count). The second-order valence-electron chi connectivity index (χ2n) is 5.84. The average molecular weight is 396 g/mol. The molecule has 2 N–H and O–H groups in total. The molecule has 0 atom stereocenters. The molecule has 1 aromatic heterocycles. The Bertz CT molecular complexity index is 947. The maximum absolute atomic E-state index is 12.5. The van der Waals surface area contributed by atoms with Crippen molar-refractivity contribution in [3.8, 4) is 5.75 Å². The minimum Gasteiger partial charge on any atom is -0.483 e. The molecule has 0 fully saturated rings. The van der Waals surface area contributed by atoms with Gasteiger partial charge in [0.2, 0.25) is 0 Å². The molecule has 0 saturated heterocycles. The Morgan fingerprint density at radius 2 is 1.71 bits per heavy atom. The van der Waals surface area contributed by atoms with Crippen LogP contribution in [0.5, 0.6) is 5.75 Å². The highest BCUT2D eigenvalue weighted by Crippen LogP contribution is 2.18. The minimum absolute atomic E-state index is 0.229. The number of rotatable bonds is 7. The van der Waals surface area contributed by atoms with E-state index in [1.54, 1.807) is 54.7 Å². The lowest BCUT2D eigenvalue weighted by atomic mass is 10.2. The first-order valence-electron chi connectivity index (χ1n) is 8.57. The van der Waals surface area contributed by atoms with Crippen LogP contribution in [0.3, 0.4) is 0 Å². The van der Waals surface area contributed by atoms with Gasteiger partial charge in [-0.1, -0.05) is 29.8 Å². The third kappa shape index (κ3) is 5.56. The monoisotopic (exact) mass is 395 g/mol. The summed E-state index contributed by atoms with van der Waals surface area (Å²) in [6.07, 6.45) is 1.66. The van der Waals surface area contributed by atoms with Gasteiger partial charge in [-0.25, -0.2) is 0 Å². The minimum atomic E-state index is -0.342. The molecule has 28 heavy (non-hydrogen) atoms. The predicted molar refractivity (Wildman–Crippen MR) is 107 cm³/mol. The molecule has 0 saturated carbocycles. The standard InChI is InChI=1S/C21H18ClN3O3/c22-15-8-10-16(11-9-15)25-20(26)14-28-19-7-2-1-6-18(19)21(27)24-13-17-5-3-4-12-23-17/h1-12H,13-14H2,(H,24,27)(H,25,26). The molecule has 142 valence electrons. The third-order valence-electron chi connectivity index (χ3n) is 3.77. The molecule has 7 heteroatoms. The first kappa shape index (κ1) is 19.4. The zero-order chi connectivity index (χ0) is 19.8. The summed E-state index contributed by atoms with van der Waals surface area (Å²) in [4.78, 5) is 28.7. The molecule has 0 unspecified atom stereocenters. The Morgan fingerprint density at radius 1 is 0.964 bits per heavy atom. The lowest BCUT2D eigenvalue weighted by molar-refractivity contribution is -0.118. The fourth-order valence-electron chi connectivity index (χ4n) is 2.42. The number of halogens is 1. The molecular weight excluding hydrogens is 378 g/mol. The first-order chi connectivity index (χ1) is 13.6. The molecule has 1 heterocycles. The molecule has 0 radical (unpaired) electrons. The quantitative estimate of drug-likeness (QED) is 0.639. The zero-order valence-corrected chi connectivity index (χ0v) is 15.6. The van der Waals surface area contributed by atoms with Crippen molar-refractivity contribution < 1.29 is 14.3 Å². The molecular formula is C21H18ClN3O3. The van der Waals surface area contributed by atoms with Gasteiger partial charge in [0.1, 0.15) is 5.75 Å². The lowest BCUT2D eigenvalue weighted by Crippen LogP contribution is -2.25. The summed E-state index contributed by atoms with van der Waals surface area (Å²) >= 11 is 5.82. The number of hydrogen-bond acceptors (Lipinski definition) is 4. The van der Waals surface area contributed by atoms with Crippen LogP contribution in [0.1, 0.15) is 16.1 Å². The van der Waals surface area contributed by atoms with Gasteiger partial charge in [0.05, 0.1) is 17.8 Å². The first-order valence-corrected chi connectivity index (χ1v) is 8.95. The van der Waals surface area contributed by atoms with E-state index in [0.29, 0.717) is 28.6 Å². The summed E-state index contributed by atoms with van der Waals surface area (Å²) in [5.41, 5.74) is 1.70. The molecule has 2 amide bonds. The molecule has 3 aromatic rings. The van der Waals surface area contributed by atoms with Crippen LogP contribution in [-0.2, 0) is 11.3 Å². The van der Waals surface area contributed by atoms with Crippen LogP contribution in [0.25, 0.3) is 0 Å². The Hall–Kier alpha value is -3.38. The van der Waals surface area contributed by atoms with Crippen LogP contribution >= 0.6 is 11.6 Å². The number of para-hydroxylation sites is 1. The van der Waals surface area contributed by atoms with Crippen molar-refractivity contribution in [2.75, 3.05) is 11.9 Å².